The fraction of sp³-hybridized carbons (Fsp3) is 0.160. The standard InChI is InChI=1S/C25H23N5OS/c1-18-7-9-19(10-8-18)15-30-16-21(27-28-30)17-31-26-14-20-11-12-23-25(13-20)32-24-6-4-3-5-22(24)29(23)2/h3-14,16H,15,17H2,1-2H3/b26-14+. The van der Waals surface area contributed by atoms with Crippen molar-refractivity contribution in [1.29, 1.82) is 0 Å². The Kier molecular flexibility index (Phi) is 5.64. The molecule has 0 amide bonds. The van der Waals surface area contributed by atoms with Crippen LogP contribution >= 0.6 is 11.8 Å². The van der Waals surface area contributed by atoms with E-state index in [4.69, 9.17) is 4.84 Å². The molecule has 0 atom stereocenters. The van der Waals surface area contributed by atoms with Crippen molar-refractivity contribution in [3.05, 3.63) is 95.3 Å². The summed E-state index contributed by atoms with van der Waals surface area (Å²) in [5, 5.41) is 12.5. The Labute approximate surface area is 191 Å². The first kappa shape index (κ1) is 20.3. The van der Waals surface area contributed by atoms with Gasteiger partial charge in [0.1, 0.15) is 5.69 Å². The molecule has 0 radical (unpaired) electrons. The molecule has 0 bridgehead atoms. The van der Waals surface area contributed by atoms with Gasteiger partial charge in [0, 0.05) is 16.8 Å². The van der Waals surface area contributed by atoms with Crippen molar-refractivity contribution in [3.8, 4) is 0 Å². The normalized spacial score (nSPS) is 12.6. The number of nitrogens with zero attached hydrogens (tertiary/aromatic N) is 5. The molecule has 6 nitrogen and oxygen atoms in total. The summed E-state index contributed by atoms with van der Waals surface area (Å²) in [6.07, 6.45) is 3.62. The molecule has 5 rings (SSSR count). The lowest BCUT2D eigenvalue weighted by Gasteiger charge is -2.29. The van der Waals surface area contributed by atoms with Gasteiger partial charge in [-0.05, 0) is 42.3 Å². The zero-order chi connectivity index (χ0) is 21.9. The summed E-state index contributed by atoms with van der Waals surface area (Å²) < 4.78 is 1.81. The van der Waals surface area contributed by atoms with Gasteiger partial charge >= 0.3 is 0 Å². The molecule has 0 saturated heterocycles. The van der Waals surface area contributed by atoms with Gasteiger partial charge in [0.2, 0.25) is 0 Å². The number of hydrogen-bond donors (Lipinski definition) is 0. The van der Waals surface area contributed by atoms with Gasteiger partial charge in [0.25, 0.3) is 0 Å². The Balaban J connectivity index is 1.19. The van der Waals surface area contributed by atoms with Crippen molar-refractivity contribution in [1.82, 2.24) is 15.0 Å². The van der Waals surface area contributed by atoms with Crippen LogP contribution in [0.25, 0.3) is 0 Å². The van der Waals surface area contributed by atoms with Gasteiger partial charge in [-0.3, -0.25) is 0 Å². The first-order valence-corrected chi connectivity index (χ1v) is 11.2. The number of rotatable bonds is 6. The molecule has 0 N–H and O–H groups in total. The van der Waals surface area contributed by atoms with Crippen molar-refractivity contribution in [2.75, 3.05) is 11.9 Å². The molecule has 0 saturated carbocycles. The van der Waals surface area contributed by atoms with Gasteiger partial charge in [-0.2, -0.15) is 0 Å². The Bertz CT molecular complexity index is 1270. The minimum Gasteiger partial charge on any atom is -0.389 e. The third-order valence-corrected chi connectivity index (χ3v) is 6.44. The number of oxime groups is 1. The summed E-state index contributed by atoms with van der Waals surface area (Å²) in [7, 11) is 2.10. The average molecular weight is 442 g/mol. The third kappa shape index (κ3) is 4.38. The van der Waals surface area contributed by atoms with Crippen LogP contribution in [0.3, 0.4) is 0 Å². The summed E-state index contributed by atoms with van der Waals surface area (Å²) in [5.41, 5.74) is 6.58. The van der Waals surface area contributed by atoms with Crippen LogP contribution in [0.4, 0.5) is 11.4 Å². The minimum atomic E-state index is 0.278. The highest BCUT2D eigenvalue weighted by atomic mass is 32.2. The molecule has 1 aliphatic rings. The number of aryl methyl sites for hydroxylation is 1. The highest BCUT2D eigenvalue weighted by Crippen LogP contribution is 2.47. The molecule has 0 aliphatic carbocycles. The number of para-hydroxylation sites is 1. The van der Waals surface area contributed by atoms with Crippen LogP contribution in [-0.2, 0) is 18.0 Å². The fourth-order valence-corrected chi connectivity index (χ4v) is 4.80. The monoisotopic (exact) mass is 441 g/mol. The van der Waals surface area contributed by atoms with Gasteiger partial charge in [0.05, 0.1) is 30.3 Å². The molecule has 1 aromatic heterocycles. The second-order valence-corrected chi connectivity index (χ2v) is 8.84. The largest absolute Gasteiger partial charge is 0.389 e. The molecular weight excluding hydrogens is 418 g/mol. The first-order valence-electron chi connectivity index (χ1n) is 10.4. The van der Waals surface area contributed by atoms with E-state index in [9.17, 15) is 0 Å². The van der Waals surface area contributed by atoms with Crippen LogP contribution in [-0.4, -0.2) is 28.3 Å². The van der Waals surface area contributed by atoms with Gasteiger partial charge in [0.15, 0.2) is 6.61 Å². The second-order valence-electron chi connectivity index (χ2n) is 7.76. The zero-order valence-corrected chi connectivity index (χ0v) is 18.8. The molecule has 1 aliphatic heterocycles. The van der Waals surface area contributed by atoms with E-state index < -0.39 is 0 Å². The molecule has 0 unspecified atom stereocenters. The van der Waals surface area contributed by atoms with Crippen LogP contribution in [0, 0.1) is 6.92 Å². The zero-order valence-electron chi connectivity index (χ0n) is 18.0. The first-order chi connectivity index (χ1) is 15.7. The van der Waals surface area contributed by atoms with Crippen LogP contribution < -0.4 is 4.90 Å². The van der Waals surface area contributed by atoms with Crippen LogP contribution in [0.15, 0.2) is 87.9 Å². The summed E-state index contributed by atoms with van der Waals surface area (Å²) in [6.45, 7) is 3.04. The van der Waals surface area contributed by atoms with Crippen molar-refractivity contribution in [2.24, 2.45) is 5.16 Å². The smallest absolute Gasteiger partial charge is 0.162 e. The van der Waals surface area contributed by atoms with E-state index in [1.165, 1.54) is 32.3 Å². The molecule has 32 heavy (non-hydrogen) atoms. The Morgan fingerprint density at radius 3 is 2.69 bits per heavy atom. The summed E-state index contributed by atoms with van der Waals surface area (Å²) in [6, 6.07) is 23.1. The summed E-state index contributed by atoms with van der Waals surface area (Å²) in [4.78, 5) is 10.1. The van der Waals surface area contributed by atoms with E-state index in [2.05, 4.69) is 101 Å². The number of benzene rings is 3. The SMILES string of the molecule is Cc1ccc(Cn2cc(CO/N=C/c3ccc4c(c3)Sc3ccccc3N4C)nn2)cc1. The van der Waals surface area contributed by atoms with Crippen molar-refractivity contribution < 1.29 is 4.84 Å². The van der Waals surface area contributed by atoms with Crippen molar-refractivity contribution >= 4 is 29.4 Å². The number of hydrogen-bond acceptors (Lipinski definition) is 6. The summed E-state index contributed by atoms with van der Waals surface area (Å²) >= 11 is 1.78. The van der Waals surface area contributed by atoms with Gasteiger partial charge in [-0.25, -0.2) is 4.68 Å². The summed E-state index contributed by atoms with van der Waals surface area (Å²) in [5.74, 6) is 0. The van der Waals surface area contributed by atoms with E-state index in [1.54, 1.807) is 18.0 Å². The Morgan fingerprint density at radius 2 is 1.81 bits per heavy atom. The van der Waals surface area contributed by atoms with Crippen molar-refractivity contribution in [3.63, 3.8) is 0 Å². The van der Waals surface area contributed by atoms with Gasteiger partial charge in [-0.15, -0.1) is 5.10 Å². The maximum Gasteiger partial charge on any atom is 0.162 e. The third-order valence-electron chi connectivity index (χ3n) is 5.33. The van der Waals surface area contributed by atoms with E-state index in [-0.39, 0.29) is 6.61 Å². The maximum atomic E-state index is 5.46. The van der Waals surface area contributed by atoms with E-state index in [0.717, 1.165) is 11.3 Å². The van der Waals surface area contributed by atoms with E-state index >= 15 is 0 Å². The Hall–Kier alpha value is -3.58. The second kappa shape index (κ2) is 8.88. The van der Waals surface area contributed by atoms with E-state index in [0.29, 0.717) is 6.54 Å². The number of aromatic nitrogens is 3. The van der Waals surface area contributed by atoms with Gasteiger partial charge < -0.3 is 9.74 Å². The number of fused-ring (bicyclic) bond motifs is 2. The minimum absolute atomic E-state index is 0.278. The highest BCUT2D eigenvalue weighted by molar-refractivity contribution is 7.99. The van der Waals surface area contributed by atoms with Crippen LogP contribution in [0.5, 0.6) is 0 Å². The molecule has 160 valence electrons. The average Bonchev–Trinajstić information content (AvgIpc) is 3.25. The molecule has 3 aromatic carbocycles. The van der Waals surface area contributed by atoms with Crippen LogP contribution in [0.1, 0.15) is 22.4 Å². The lowest BCUT2D eigenvalue weighted by Crippen LogP contribution is -2.14. The Morgan fingerprint density at radius 1 is 1.00 bits per heavy atom. The lowest BCUT2D eigenvalue weighted by atomic mass is 10.1. The predicted molar refractivity (Wildman–Crippen MR) is 128 cm³/mol. The topological polar surface area (TPSA) is 55.5 Å². The fourth-order valence-electron chi connectivity index (χ4n) is 3.60. The predicted octanol–water partition coefficient (Wildman–Crippen LogP) is 5.42. The maximum absolute atomic E-state index is 5.46. The molecule has 0 fully saturated rings. The molecule has 7 heteroatoms. The molecular formula is C25H23N5OS. The highest BCUT2D eigenvalue weighted by Gasteiger charge is 2.20. The van der Waals surface area contributed by atoms with Gasteiger partial charge in [-0.1, -0.05) is 70.2 Å². The number of anilines is 2. The lowest BCUT2D eigenvalue weighted by molar-refractivity contribution is 0.129. The molecule has 2 heterocycles. The van der Waals surface area contributed by atoms with Crippen molar-refractivity contribution in [2.45, 2.75) is 29.9 Å². The molecule has 4 aromatic rings. The van der Waals surface area contributed by atoms with Crippen LogP contribution in [0.2, 0.25) is 0 Å². The quantitative estimate of drug-likeness (QED) is 0.295. The van der Waals surface area contributed by atoms with E-state index in [1.807, 2.05) is 10.9 Å². The molecule has 0 spiro atoms.